The van der Waals surface area contributed by atoms with Gasteiger partial charge in [-0.3, -0.25) is 0 Å². The zero-order chi connectivity index (χ0) is 12.7. The van der Waals surface area contributed by atoms with Crippen LogP contribution in [-0.2, 0) is 6.54 Å². The number of anilines is 1. The van der Waals surface area contributed by atoms with E-state index in [1.165, 1.54) is 0 Å². The number of rotatable bonds is 7. The average molecular weight is 254 g/mol. The number of hydrogen-bond acceptors (Lipinski definition) is 5. The molecule has 1 N–H and O–H groups in total. The Morgan fingerprint density at radius 2 is 2.00 bits per heavy atom. The summed E-state index contributed by atoms with van der Waals surface area (Å²) < 4.78 is 0. The molecule has 1 heterocycles. The molecule has 1 aromatic heterocycles. The van der Waals surface area contributed by atoms with Gasteiger partial charge in [0.1, 0.15) is 0 Å². The summed E-state index contributed by atoms with van der Waals surface area (Å²) in [7, 11) is 2.03. The van der Waals surface area contributed by atoms with Gasteiger partial charge in [-0.15, -0.1) is 0 Å². The SMILES string of the molecule is CSCCN(C)c1ncc(CNC(C)C)cn1. The minimum absolute atomic E-state index is 0.485. The number of nitrogens with one attached hydrogen (secondary N) is 1. The highest BCUT2D eigenvalue weighted by Gasteiger charge is 2.03. The van der Waals surface area contributed by atoms with Crippen LogP contribution in [0, 0.1) is 0 Å². The van der Waals surface area contributed by atoms with Crippen LogP contribution >= 0.6 is 11.8 Å². The third-order valence-corrected chi connectivity index (χ3v) is 2.97. The second-order valence-corrected chi connectivity index (χ2v) is 5.33. The van der Waals surface area contributed by atoms with Crippen LogP contribution in [0.15, 0.2) is 12.4 Å². The van der Waals surface area contributed by atoms with Crippen LogP contribution in [0.2, 0.25) is 0 Å². The molecule has 4 nitrogen and oxygen atoms in total. The van der Waals surface area contributed by atoms with Gasteiger partial charge in [0.15, 0.2) is 0 Å². The lowest BCUT2D eigenvalue weighted by molar-refractivity contribution is 0.586. The van der Waals surface area contributed by atoms with E-state index in [1.54, 1.807) is 0 Å². The molecule has 0 radical (unpaired) electrons. The maximum absolute atomic E-state index is 4.38. The van der Waals surface area contributed by atoms with Gasteiger partial charge in [0.2, 0.25) is 5.95 Å². The summed E-state index contributed by atoms with van der Waals surface area (Å²) in [6, 6.07) is 0.485. The van der Waals surface area contributed by atoms with Crippen molar-refractivity contribution in [3.63, 3.8) is 0 Å². The van der Waals surface area contributed by atoms with E-state index in [4.69, 9.17) is 0 Å². The fourth-order valence-corrected chi connectivity index (χ4v) is 1.74. The van der Waals surface area contributed by atoms with Gasteiger partial charge in [0.25, 0.3) is 0 Å². The Morgan fingerprint density at radius 1 is 1.35 bits per heavy atom. The molecule has 0 saturated carbocycles. The van der Waals surface area contributed by atoms with Gasteiger partial charge in [-0.1, -0.05) is 13.8 Å². The monoisotopic (exact) mass is 254 g/mol. The summed E-state index contributed by atoms with van der Waals surface area (Å²) in [6.07, 6.45) is 5.90. The highest BCUT2D eigenvalue weighted by atomic mass is 32.2. The van der Waals surface area contributed by atoms with Gasteiger partial charge < -0.3 is 10.2 Å². The normalized spacial score (nSPS) is 10.9. The van der Waals surface area contributed by atoms with Gasteiger partial charge in [-0.25, -0.2) is 9.97 Å². The number of hydrogen-bond donors (Lipinski definition) is 1. The standard InChI is InChI=1S/C12H22N4S/c1-10(2)13-7-11-8-14-12(15-9-11)16(3)5-6-17-4/h8-10,13H,5-7H2,1-4H3. The molecule has 1 rings (SSSR count). The minimum Gasteiger partial charge on any atom is -0.343 e. The molecule has 0 spiro atoms. The number of nitrogens with zero attached hydrogens (tertiary/aromatic N) is 3. The molecule has 96 valence electrons. The van der Waals surface area contributed by atoms with Crippen molar-refractivity contribution in [1.82, 2.24) is 15.3 Å². The third kappa shape index (κ3) is 5.37. The Hall–Kier alpha value is -0.810. The molecule has 0 amide bonds. The molecule has 0 aliphatic carbocycles. The van der Waals surface area contributed by atoms with E-state index in [2.05, 4.69) is 40.3 Å². The fraction of sp³-hybridized carbons (Fsp3) is 0.667. The van der Waals surface area contributed by atoms with E-state index >= 15 is 0 Å². The maximum atomic E-state index is 4.38. The lowest BCUT2D eigenvalue weighted by Gasteiger charge is -2.16. The molecule has 17 heavy (non-hydrogen) atoms. The first-order valence-electron chi connectivity index (χ1n) is 5.88. The predicted octanol–water partition coefficient (Wildman–Crippen LogP) is 1.77. The van der Waals surface area contributed by atoms with E-state index in [0.29, 0.717) is 6.04 Å². The molecule has 0 aromatic carbocycles. The molecule has 0 bridgehead atoms. The van der Waals surface area contributed by atoms with Crippen molar-refractivity contribution in [2.45, 2.75) is 26.4 Å². The second-order valence-electron chi connectivity index (χ2n) is 4.34. The molecule has 0 aliphatic heterocycles. The van der Waals surface area contributed by atoms with Gasteiger partial charge >= 0.3 is 0 Å². The Balaban J connectivity index is 2.49. The Kier molecular flexibility index (Phi) is 6.29. The molecule has 0 atom stereocenters. The van der Waals surface area contributed by atoms with Gasteiger partial charge in [-0.05, 0) is 6.26 Å². The van der Waals surface area contributed by atoms with Crippen molar-refractivity contribution in [2.24, 2.45) is 0 Å². The molecule has 5 heteroatoms. The first kappa shape index (κ1) is 14.3. The molecule has 0 fully saturated rings. The zero-order valence-corrected chi connectivity index (χ0v) is 11.9. The van der Waals surface area contributed by atoms with Crippen molar-refractivity contribution < 1.29 is 0 Å². The maximum Gasteiger partial charge on any atom is 0.225 e. The summed E-state index contributed by atoms with van der Waals surface area (Å²) >= 11 is 1.83. The lowest BCUT2D eigenvalue weighted by Crippen LogP contribution is -2.24. The molecular weight excluding hydrogens is 232 g/mol. The lowest BCUT2D eigenvalue weighted by atomic mass is 10.3. The van der Waals surface area contributed by atoms with Crippen molar-refractivity contribution in [2.75, 3.05) is 30.5 Å². The zero-order valence-electron chi connectivity index (χ0n) is 11.1. The van der Waals surface area contributed by atoms with Crippen LogP contribution in [-0.4, -0.2) is 41.6 Å². The van der Waals surface area contributed by atoms with Crippen molar-refractivity contribution in [3.8, 4) is 0 Å². The molecule has 1 aromatic rings. The molecular formula is C12H22N4S. The van der Waals surface area contributed by atoms with Crippen LogP contribution in [0.3, 0.4) is 0 Å². The van der Waals surface area contributed by atoms with Crippen molar-refractivity contribution in [3.05, 3.63) is 18.0 Å². The van der Waals surface area contributed by atoms with Gasteiger partial charge in [0.05, 0.1) is 0 Å². The van der Waals surface area contributed by atoms with Crippen LogP contribution in [0.1, 0.15) is 19.4 Å². The van der Waals surface area contributed by atoms with Crippen LogP contribution in [0.4, 0.5) is 5.95 Å². The van der Waals surface area contributed by atoms with Crippen LogP contribution < -0.4 is 10.2 Å². The summed E-state index contributed by atoms with van der Waals surface area (Å²) in [6.45, 7) is 6.06. The first-order valence-corrected chi connectivity index (χ1v) is 7.27. The summed E-state index contributed by atoms with van der Waals surface area (Å²) in [5.74, 6) is 1.89. The van der Waals surface area contributed by atoms with E-state index in [1.807, 2.05) is 31.2 Å². The first-order chi connectivity index (χ1) is 8.13. The van der Waals surface area contributed by atoms with Crippen molar-refractivity contribution >= 4 is 17.7 Å². The third-order valence-electron chi connectivity index (χ3n) is 2.38. The van der Waals surface area contributed by atoms with E-state index in [9.17, 15) is 0 Å². The summed E-state index contributed by atoms with van der Waals surface area (Å²) in [5.41, 5.74) is 1.13. The highest BCUT2D eigenvalue weighted by molar-refractivity contribution is 7.98. The van der Waals surface area contributed by atoms with Crippen LogP contribution in [0.25, 0.3) is 0 Å². The Morgan fingerprint density at radius 3 is 2.53 bits per heavy atom. The van der Waals surface area contributed by atoms with Crippen LogP contribution in [0.5, 0.6) is 0 Å². The molecule has 0 aliphatic rings. The smallest absolute Gasteiger partial charge is 0.225 e. The quantitative estimate of drug-likeness (QED) is 0.803. The largest absolute Gasteiger partial charge is 0.343 e. The summed E-state index contributed by atoms with van der Waals surface area (Å²) in [5, 5.41) is 3.35. The van der Waals surface area contributed by atoms with Crippen molar-refractivity contribution in [1.29, 1.82) is 0 Å². The number of thioether (sulfide) groups is 1. The molecule has 0 unspecified atom stereocenters. The summed E-state index contributed by atoms with van der Waals surface area (Å²) in [4.78, 5) is 10.8. The predicted molar refractivity (Wildman–Crippen MR) is 75.7 cm³/mol. The van der Waals surface area contributed by atoms with Gasteiger partial charge in [-0.2, -0.15) is 11.8 Å². The Labute approximate surface area is 108 Å². The minimum atomic E-state index is 0.485. The van der Waals surface area contributed by atoms with E-state index in [0.717, 1.165) is 30.4 Å². The average Bonchev–Trinajstić information content (AvgIpc) is 2.34. The topological polar surface area (TPSA) is 41.1 Å². The highest BCUT2D eigenvalue weighted by Crippen LogP contribution is 2.06. The number of aromatic nitrogens is 2. The van der Waals surface area contributed by atoms with E-state index < -0.39 is 0 Å². The second kappa shape index (κ2) is 7.50. The Bertz CT molecular complexity index is 313. The van der Waals surface area contributed by atoms with Gasteiger partial charge in [0, 0.05) is 49.9 Å². The molecule has 0 saturated heterocycles. The van der Waals surface area contributed by atoms with E-state index in [-0.39, 0.29) is 0 Å². The fourth-order valence-electron chi connectivity index (χ4n) is 1.29.